The lowest BCUT2D eigenvalue weighted by Crippen LogP contribution is -2.42. The van der Waals surface area contributed by atoms with Gasteiger partial charge in [-0.2, -0.15) is 8.42 Å². The lowest BCUT2D eigenvalue weighted by molar-refractivity contribution is 0.0184. The fourth-order valence-electron chi connectivity index (χ4n) is 2.59. The van der Waals surface area contributed by atoms with Crippen molar-refractivity contribution in [3.63, 3.8) is 0 Å². The number of ether oxygens (including phenoxy) is 1. The minimum Gasteiger partial charge on any atom is -0.444 e. The summed E-state index contributed by atoms with van der Waals surface area (Å²) in [6, 6.07) is -0.220. The van der Waals surface area contributed by atoms with Gasteiger partial charge in [-0.15, -0.1) is 0 Å². The fourth-order valence-corrected chi connectivity index (χ4v) is 2.99. The van der Waals surface area contributed by atoms with Crippen molar-refractivity contribution < 1.29 is 22.1 Å². The Morgan fingerprint density at radius 3 is 2.40 bits per heavy atom. The highest BCUT2D eigenvalue weighted by Crippen LogP contribution is 2.55. The average molecular weight is 305 g/mol. The van der Waals surface area contributed by atoms with E-state index in [1.54, 1.807) is 4.90 Å². The van der Waals surface area contributed by atoms with E-state index in [1.165, 1.54) is 0 Å². The van der Waals surface area contributed by atoms with Gasteiger partial charge in [0.2, 0.25) is 0 Å². The van der Waals surface area contributed by atoms with Crippen LogP contribution < -0.4 is 0 Å². The maximum atomic E-state index is 12.2. The van der Waals surface area contributed by atoms with Gasteiger partial charge in [0.05, 0.1) is 18.9 Å². The molecule has 116 valence electrons. The van der Waals surface area contributed by atoms with Gasteiger partial charge in [0.1, 0.15) is 5.60 Å². The van der Waals surface area contributed by atoms with Gasteiger partial charge in [0.25, 0.3) is 10.1 Å². The number of hydrogen-bond acceptors (Lipinski definition) is 5. The van der Waals surface area contributed by atoms with Gasteiger partial charge in [-0.3, -0.25) is 4.18 Å². The molecule has 0 N–H and O–H groups in total. The molecule has 0 aromatic heterocycles. The third-order valence-electron chi connectivity index (χ3n) is 3.67. The molecule has 2 rings (SSSR count). The Balaban J connectivity index is 2.02. The first-order chi connectivity index (χ1) is 9.00. The highest BCUT2D eigenvalue weighted by Gasteiger charge is 2.54. The molecular weight excluding hydrogens is 282 g/mol. The third kappa shape index (κ3) is 4.09. The molecule has 0 aromatic rings. The van der Waals surface area contributed by atoms with Crippen LogP contribution in [0.1, 0.15) is 40.0 Å². The molecule has 1 spiro atoms. The topological polar surface area (TPSA) is 72.9 Å². The molecule has 1 amide bonds. The van der Waals surface area contributed by atoms with E-state index in [1.807, 2.05) is 20.8 Å². The number of carbonyl (C=O) groups excluding carboxylic acids is 1. The van der Waals surface area contributed by atoms with Crippen LogP contribution in [0.3, 0.4) is 0 Å². The highest BCUT2D eigenvalue weighted by atomic mass is 32.2. The second kappa shape index (κ2) is 4.87. The molecule has 6 nitrogen and oxygen atoms in total. The molecule has 7 heteroatoms. The molecule has 1 saturated heterocycles. The Labute approximate surface area is 120 Å². The van der Waals surface area contributed by atoms with Crippen molar-refractivity contribution in [2.75, 3.05) is 19.4 Å². The zero-order chi connectivity index (χ0) is 15.2. The van der Waals surface area contributed by atoms with Crippen LogP contribution >= 0.6 is 0 Å². The van der Waals surface area contributed by atoms with E-state index < -0.39 is 15.7 Å². The van der Waals surface area contributed by atoms with Crippen LogP contribution in [0.15, 0.2) is 0 Å². The molecule has 0 aromatic carbocycles. The lowest BCUT2D eigenvalue weighted by atomic mass is 10.0. The number of amides is 1. The second-order valence-corrected chi connectivity index (χ2v) is 8.60. The number of nitrogens with zero attached hydrogens (tertiary/aromatic N) is 1. The van der Waals surface area contributed by atoms with Crippen LogP contribution in [0.2, 0.25) is 0 Å². The van der Waals surface area contributed by atoms with E-state index in [0.717, 1.165) is 25.5 Å². The zero-order valence-corrected chi connectivity index (χ0v) is 13.3. The van der Waals surface area contributed by atoms with E-state index in [-0.39, 0.29) is 24.2 Å². The summed E-state index contributed by atoms with van der Waals surface area (Å²) in [7, 11) is -3.49. The van der Waals surface area contributed by atoms with E-state index in [2.05, 4.69) is 0 Å². The van der Waals surface area contributed by atoms with Gasteiger partial charge in [0.15, 0.2) is 0 Å². The molecule has 1 atom stereocenters. The summed E-state index contributed by atoms with van der Waals surface area (Å²) in [6.45, 7) is 6.10. The lowest BCUT2D eigenvalue weighted by Gasteiger charge is -2.28. The maximum absolute atomic E-state index is 12.2. The summed E-state index contributed by atoms with van der Waals surface area (Å²) in [6.07, 6.45) is 3.60. The summed E-state index contributed by atoms with van der Waals surface area (Å²) >= 11 is 0. The van der Waals surface area contributed by atoms with Crippen LogP contribution in [0.5, 0.6) is 0 Å². The van der Waals surface area contributed by atoms with Crippen molar-refractivity contribution in [1.82, 2.24) is 4.90 Å². The normalized spacial score (nSPS) is 25.0. The second-order valence-electron chi connectivity index (χ2n) is 6.95. The van der Waals surface area contributed by atoms with E-state index in [0.29, 0.717) is 6.54 Å². The molecule has 0 radical (unpaired) electrons. The van der Waals surface area contributed by atoms with Crippen molar-refractivity contribution in [3.8, 4) is 0 Å². The van der Waals surface area contributed by atoms with E-state index in [4.69, 9.17) is 8.92 Å². The molecule has 1 aliphatic heterocycles. The van der Waals surface area contributed by atoms with Crippen LogP contribution in [-0.2, 0) is 19.0 Å². The summed E-state index contributed by atoms with van der Waals surface area (Å²) in [5.41, 5.74) is -0.388. The maximum Gasteiger partial charge on any atom is 0.410 e. The SMILES string of the molecule is CC(C)(C)OC(=O)N1CC2(CC2)C[C@H]1COS(C)(=O)=O. The number of hydrogen-bond donors (Lipinski definition) is 0. The molecular formula is C13H23NO5S. The van der Waals surface area contributed by atoms with Gasteiger partial charge < -0.3 is 9.64 Å². The standard InChI is InChI=1S/C13H23NO5S/c1-12(2,3)19-11(15)14-9-13(5-6-13)7-10(14)8-18-20(4,16)17/h10H,5-9H2,1-4H3/t10-/m0/s1. The molecule has 1 heterocycles. The predicted octanol–water partition coefficient (Wildman–Crippen LogP) is 1.75. The fraction of sp³-hybridized carbons (Fsp3) is 0.923. The first-order valence-electron chi connectivity index (χ1n) is 6.84. The number of likely N-dealkylation sites (tertiary alicyclic amines) is 1. The average Bonchev–Trinajstić information content (AvgIpc) is 2.84. The predicted molar refractivity (Wildman–Crippen MR) is 73.8 cm³/mol. The van der Waals surface area contributed by atoms with Crippen LogP contribution in [0, 0.1) is 5.41 Å². The molecule has 1 saturated carbocycles. The third-order valence-corrected chi connectivity index (χ3v) is 4.24. The van der Waals surface area contributed by atoms with Gasteiger partial charge in [0, 0.05) is 6.54 Å². The van der Waals surface area contributed by atoms with Crippen molar-refractivity contribution in [3.05, 3.63) is 0 Å². The summed E-state index contributed by atoms with van der Waals surface area (Å²) in [5.74, 6) is 0. The van der Waals surface area contributed by atoms with Crippen molar-refractivity contribution >= 4 is 16.2 Å². The molecule has 2 aliphatic rings. The molecule has 20 heavy (non-hydrogen) atoms. The summed E-state index contributed by atoms with van der Waals surface area (Å²) in [4.78, 5) is 13.8. The van der Waals surface area contributed by atoms with Gasteiger partial charge >= 0.3 is 6.09 Å². The van der Waals surface area contributed by atoms with Gasteiger partial charge in [-0.05, 0) is 45.4 Å². The van der Waals surface area contributed by atoms with Gasteiger partial charge in [-0.1, -0.05) is 0 Å². The minimum absolute atomic E-state index is 0.0137. The first kappa shape index (κ1) is 15.6. The number of carbonyl (C=O) groups is 1. The Morgan fingerprint density at radius 2 is 1.95 bits per heavy atom. The highest BCUT2D eigenvalue weighted by molar-refractivity contribution is 7.85. The summed E-state index contributed by atoms with van der Waals surface area (Å²) in [5, 5.41) is 0. The largest absolute Gasteiger partial charge is 0.444 e. The van der Waals surface area contributed by atoms with Crippen molar-refractivity contribution in [2.24, 2.45) is 5.41 Å². The van der Waals surface area contributed by atoms with Crippen LogP contribution in [-0.4, -0.2) is 50.5 Å². The smallest absolute Gasteiger partial charge is 0.410 e. The summed E-state index contributed by atoms with van der Waals surface area (Å²) < 4.78 is 32.5. The van der Waals surface area contributed by atoms with E-state index >= 15 is 0 Å². The molecule has 0 bridgehead atoms. The minimum atomic E-state index is -3.49. The van der Waals surface area contributed by atoms with Crippen LogP contribution in [0.25, 0.3) is 0 Å². The van der Waals surface area contributed by atoms with Crippen molar-refractivity contribution in [2.45, 2.75) is 51.7 Å². The monoisotopic (exact) mass is 305 g/mol. The van der Waals surface area contributed by atoms with E-state index in [9.17, 15) is 13.2 Å². The quantitative estimate of drug-likeness (QED) is 0.743. The Hall–Kier alpha value is -0.820. The van der Waals surface area contributed by atoms with Crippen molar-refractivity contribution in [1.29, 1.82) is 0 Å². The Kier molecular flexibility index (Phi) is 3.79. The first-order valence-corrected chi connectivity index (χ1v) is 8.65. The Bertz CT molecular complexity index is 489. The van der Waals surface area contributed by atoms with Crippen LogP contribution in [0.4, 0.5) is 4.79 Å². The van der Waals surface area contributed by atoms with Gasteiger partial charge in [-0.25, -0.2) is 4.79 Å². The molecule has 0 unspecified atom stereocenters. The molecule has 2 fully saturated rings. The Morgan fingerprint density at radius 1 is 1.35 bits per heavy atom. The number of rotatable bonds is 3. The zero-order valence-electron chi connectivity index (χ0n) is 12.5. The molecule has 1 aliphatic carbocycles.